The number of nitrogens with zero attached hydrogens (tertiary/aromatic N) is 3. The van der Waals surface area contributed by atoms with E-state index in [1.807, 2.05) is 37.7 Å². The molecule has 78 valence electrons. The number of pyridine rings is 1. The van der Waals surface area contributed by atoms with Crippen LogP contribution in [0.4, 0.5) is 5.82 Å². The summed E-state index contributed by atoms with van der Waals surface area (Å²) < 4.78 is 1.88. The van der Waals surface area contributed by atoms with Crippen molar-refractivity contribution in [3.05, 3.63) is 29.7 Å². The van der Waals surface area contributed by atoms with Crippen LogP contribution in [0.3, 0.4) is 0 Å². The molecule has 0 saturated carbocycles. The summed E-state index contributed by atoms with van der Waals surface area (Å²) in [6, 6.07) is 3.82. The van der Waals surface area contributed by atoms with Crippen LogP contribution in [0.15, 0.2) is 18.3 Å². The third-order valence-corrected chi connectivity index (χ3v) is 2.58. The first-order valence-corrected chi connectivity index (χ1v) is 4.81. The Hall–Kier alpha value is -1.84. The van der Waals surface area contributed by atoms with Gasteiger partial charge in [0.05, 0.1) is 5.69 Å². The standard InChI is InChI=1S/C11H14N4/c1-7-11(8(2)15(3)14-7)9-4-5-13-10(12)6-9/h4-6H,1-3H3,(H2,12,13). The Morgan fingerprint density at radius 2 is 2.07 bits per heavy atom. The van der Waals surface area contributed by atoms with Crippen LogP contribution in [0.25, 0.3) is 11.1 Å². The predicted octanol–water partition coefficient (Wildman–Crippen LogP) is 1.68. The van der Waals surface area contributed by atoms with Gasteiger partial charge in [0.2, 0.25) is 0 Å². The molecule has 0 amide bonds. The summed E-state index contributed by atoms with van der Waals surface area (Å²) in [7, 11) is 1.94. The molecule has 0 radical (unpaired) electrons. The number of rotatable bonds is 1. The topological polar surface area (TPSA) is 56.7 Å². The molecule has 0 spiro atoms. The van der Waals surface area contributed by atoms with E-state index >= 15 is 0 Å². The predicted molar refractivity (Wildman–Crippen MR) is 60.3 cm³/mol. The molecule has 15 heavy (non-hydrogen) atoms. The van der Waals surface area contributed by atoms with E-state index in [4.69, 9.17) is 5.73 Å². The van der Waals surface area contributed by atoms with Crippen molar-refractivity contribution in [2.24, 2.45) is 7.05 Å². The summed E-state index contributed by atoms with van der Waals surface area (Å²) in [5.41, 5.74) is 10.0. The highest BCUT2D eigenvalue weighted by molar-refractivity contribution is 5.70. The van der Waals surface area contributed by atoms with Gasteiger partial charge < -0.3 is 5.73 Å². The van der Waals surface area contributed by atoms with Gasteiger partial charge >= 0.3 is 0 Å². The maximum atomic E-state index is 5.66. The van der Waals surface area contributed by atoms with E-state index in [0.717, 1.165) is 22.5 Å². The minimum absolute atomic E-state index is 0.537. The number of hydrogen-bond donors (Lipinski definition) is 1. The molecule has 0 unspecified atom stereocenters. The maximum Gasteiger partial charge on any atom is 0.123 e. The van der Waals surface area contributed by atoms with Crippen LogP contribution < -0.4 is 5.73 Å². The van der Waals surface area contributed by atoms with E-state index in [1.165, 1.54) is 0 Å². The van der Waals surface area contributed by atoms with Crippen LogP contribution in [-0.2, 0) is 7.05 Å². The van der Waals surface area contributed by atoms with Crippen LogP contribution in [-0.4, -0.2) is 14.8 Å². The average Bonchev–Trinajstić information content (AvgIpc) is 2.41. The normalized spacial score (nSPS) is 10.6. The Labute approximate surface area is 88.8 Å². The molecular weight excluding hydrogens is 188 g/mol. The van der Waals surface area contributed by atoms with E-state index in [0.29, 0.717) is 5.82 Å². The molecule has 4 nitrogen and oxygen atoms in total. The number of aromatic nitrogens is 3. The van der Waals surface area contributed by atoms with Crippen molar-refractivity contribution >= 4 is 5.82 Å². The van der Waals surface area contributed by atoms with E-state index in [-0.39, 0.29) is 0 Å². The zero-order valence-corrected chi connectivity index (χ0v) is 9.15. The number of aryl methyl sites for hydroxylation is 2. The van der Waals surface area contributed by atoms with Crippen LogP contribution >= 0.6 is 0 Å². The molecule has 2 aromatic heterocycles. The number of hydrogen-bond acceptors (Lipinski definition) is 3. The van der Waals surface area contributed by atoms with Crippen molar-refractivity contribution in [3.8, 4) is 11.1 Å². The van der Waals surface area contributed by atoms with Gasteiger partial charge in [0, 0.05) is 24.5 Å². The van der Waals surface area contributed by atoms with E-state index in [2.05, 4.69) is 10.1 Å². The lowest BCUT2D eigenvalue weighted by molar-refractivity contribution is 0.731. The van der Waals surface area contributed by atoms with Gasteiger partial charge in [-0.2, -0.15) is 5.10 Å². The van der Waals surface area contributed by atoms with E-state index in [9.17, 15) is 0 Å². The average molecular weight is 202 g/mol. The largest absolute Gasteiger partial charge is 0.384 e. The van der Waals surface area contributed by atoms with Crippen LogP contribution in [0, 0.1) is 13.8 Å². The lowest BCUT2D eigenvalue weighted by atomic mass is 10.1. The van der Waals surface area contributed by atoms with Gasteiger partial charge in [0.25, 0.3) is 0 Å². The quantitative estimate of drug-likeness (QED) is 0.765. The lowest BCUT2D eigenvalue weighted by Gasteiger charge is -2.02. The van der Waals surface area contributed by atoms with Crippen molar-refractivity contribution in [3.63, 3.8) is 0 Å². The Morgan fingerprint density at radius 1 is 1.33 bits per heavy atom. The molecule has 0 fully saturated rings. The lowest BCUT2D eigenvalue weighted by Crippen LogP contribution is -1.93. The molecule has 4 heteroatoms. The minimum atomic E-state index is 0.537. The zero-order chi connectivity index (χ0) is 11.0. The van der Waals surface area contributed by atoms with Crippen LogP contribution in [0.1, 0.15) is 11.4 Å². The molecule has 0 aliphatic rings. The maximum absolute atomic E-state index is 5.66. The first-order chi connectivity index (χ1) is 7.09. The number of anilines is 1. The summed E-state index contributed by atoms with van der Waals surface area (Å²) >= 11 is 0. The van der Waals surface area contributed by atoms with Gasteiger partial charge in [0.15, 0.2) is 0 Å². The number of nitrogen functional groups attached to an aromatic ring is 1. The van der Waals surface area contributed by atoms with Gasteiger partial charge in [-0.25, -0.2) is 4.98 Å². The van der Waals surface area contributed by atoms with E-state index < -0.39 is 0 Å². The summed E-state index contributed by atoms with van der Waals surface area (Å²) in [6.45, 7) is 4.05. The smallest absolute Gasteiger partial charge is 0.123 e. The van der Waals surface area contributed by atoms with Crippen molar-refractivity contribution in [2.45, 2.75) is 13.8 Å². The molecule has 0 aliphatic carbocycles. The highest BCUT2D eigenvalue weighted by atomic mass is 15.3. The fraction of sp³-hybridized carbons (Fsp3) is 0.273. The third kappa shape index (κ3) is 1.58. The molecule has 0 bridgehead atoms. The fourth-order valence-electron chi connectivity index (χ4n) is 1.80. The Bertz CT molecular complexity index is 499. The molecule has 0 aliphatic heterocycles. The highest BCUT2D eigenvalue weighted by Crippen LogP contribution is 2.26. The third-order valence-electron chi connectivity index (χ3n) is 2.58. The fourth-order valence-corrected chi connectivity index (χ4v) is 1.80. The molecular formula is C11H14N4. The second kappa shape index (κ2) is 3.38. The first kappa shape index (κ1) is 9.71. The van der Waals surface area contributed by atoms with Gasteiger partial charge in [-0.1, -0.05) is 0 Å². The zero-order valence-electron chi connectivity index (χ0n) is 9.15. The summed E-state index contributed by atoms with van der Waals surface area (Å²) in [5, 5.41) is 4.37. The molecule has 2 rings (SSSR count). The molecule has 0 aromatic carbocycles. The van der Waals surface area contributed by atoms with Crippen LogP contribution in [0.5, 0.6) is 0 Å². The molecule has 0 atom stereocenters. The summed E-state index contributed by atoms with van der Waals surface area (Å²) in [5.74, 6) is 0.537. The van der Waals surface area contributed by atoms with Crippen molar-refractivity contribution < 1.29 is 0 Å². The van der Waals surface area contributed by atoms with Gasteiger partial charge in [-0.05, 0) is 31.5 Å². The second-order valence-electron chi connectivity index (χ2n) is 3.64. The summed E-state index contributed by atoms with van der Waals surface area (Å²) in [6.07, 6.45) is 1.72. The number of nitrogens with two attached hydrogens (primary N) is 1. The second-order valence-corrected chi connectivity index (χ2v) is 3.64. The van der Waals surface area contributed by atoms with Gasteiger partial charge in [0.1, 0.15) is 5.82 Å². The highest BCUT2D eigenvalue weighted by Gasteiger charge is 2.11. The Kier molecular flexibility index (Phi) is 2.19. The van der Waals surface area contributed by atoms with E-state index in [1.54, 1.807) is 6.20 Å². The Balaban J connectivity index is 2.63. The van der Waals surface area contributed by atoms with Crippen molar-refractivity contribution in [1.29, 1.82) is 0 Å². The van der Waals surface area contributed by atoms with Crippen molar-refractivity contribution in [2.75, 3.05) is 5.73 Å². The monoisotopic (exact) mass is 202 g/mol. The van der Waals surface area contributed by atoms with Gasteiger partial charge in [-0.15, -0.1) is 0 Å². The van der Waals surface area contributed by atoms with Gasteiger partial charge in [-0.3, -0.25) is 4.68 Å². The molecule has 2 heterocycles. The SMILES string of the molecule is Cc1nn(C)c(C)c1-c1ccnc(N)c1. The first-order valence-electron chi connectivity index (χ1n) is 4.81. The minimum Gasteiger partial charge on any atom is -0.384 e. The molecule has 0 saturated heterocycles. The molecule has 2 aromatic rings. The summed E-state index contributed by atoms with van der Waals surface area (Å²) in [4.78, 5) is 3.98. The van der Waals surface area contributed by atoms with Crippen molar-refractivity contribution in [1.82, 2.24) is 14.8 Å². The van der Waals surface area contributed by atoms with Crippen LogP contribution in [0.2, 0.25) is 0 Å². The Morgan fingerprint density at radius 3 is 2.60 bits per heavy atom. The molecule has 2 N–H and O–H groups in total.